The van der Waals surface area contributed by atoms with Gasteiger partial charge in [0, 0.05) is 22.5 Å². The Morgan fingerprint density at radius 3 is 2.52 bits per heavy atom. The number of allylic oxidation sites excluding steroid dienone is 1. The molecule has 0 atom stereocenters. The first-order valence-electron chi connectivity index (χ1n) is 7.72. The lowest BCUT2D eigenvalue weighted by Crippen LogP contribution is -2.00. The third-order valence-corrected chi connectivity index (χ3v) is 3.78. The van der Waals surface area contributed by atoms with E-state index in [2.05, 4.69) is 23.2 Å². The van der Waals surface area contributed by atoms with Crippen LogP contribution in [-0.2, 0) is 9.53 Å². The Hall–Kier alpha value is -2.81. The van der Waals surface area contributed by atoms with Crippen LogP contribution in [0.2, 0.25) is 0 Å². The molecule has 0 aliphatic heterocycles. The lowest BCUT2D eigenvalue weighted by Gasteiger charge is -2.06. The maximum absolute atomic E-state index is 11.8. The van der Waals surface area contributed by atoms with Crippen LogP contribution in [0.15, 0.2) is 60.7 Å². The largest absolute Gasteiger partial charge is 0.463 e. The van der Waals surface area contributed by atoms with Crippen molar-refractivity contribution in [2.24, 2.45) is 0 Å². The number of benzene rings is 2. The number of H-pyrrole nitrogens is 1. The molecule has 3 nitrogen and oxygen atoms in total. The van der Waals surface area contributed by atoms with E-state index in [0.29, 0.717) is 6.61 Å². The smallest absolute Gasteiger partial charge is 0.331 e. The molecule has 0 amide bonds. The highest BCUT2D eigenvalue weighted by Gasteiger charge is 2.15. The molecular weight excluding hydrogens is 286 g/mol. The number of aromatic nitrogens is 1. The molecule has 1 heterocycles. The first-order valence-corrected chi connectivity index (χ1v) is 7.72. The molecule has 3 rings (SSSR count). The van der Waals surface area contributed by atoms with E-state index in [0.717, 1.165) is 33.3 Å². The molecule has 3 aromatic rings. The quantitative estimate of drug-likeness (QED) is 0.555. The molecular formula is C20H19NO2. The summed E-state index contributed by atoms with van der Waals surface area (Å²) in [6, 6.07) is 18.3. The number of ether oxygens (including phenoxy) is 1. The van der Waals surface area contributed by atoms with E-state index in [-0.39, 0.29) is 5.97 Å². The van der Waals surface area contributed by atoms with Gasteiger partial charge in [-0.3, -0.25) is 0 Å². The molecule has 0 aliphatic rings. The minimum Gasteiger partial charge on any atom is -0.463 e. The van der Waals surface area contributed by atoms with Gasteiger partial charge in [-0.25, -0.2) is 4.79 Å². The minimum absolute atomic E-state index is 0.311. The second kappa shape index (κ2) is 6.53. The van der Waals surface area contributed by atoms with Crippen molar-refractivity contribution in [3.8, 4) is 11.3 Å². The Morgan fingerprint density at radius 1 is 1.09 bits per heavy atom. The van der Waals surface area contributed by atoms with Crippen LogP contribution < -0.4 is 0 Å². The van der Waals surface area contributed by atoms with E-state index in [4.69, 9.17) is 4.74 Å². The SMILES string of the molecule is CCOC(=O)/C=C(\C)c1c(-c2ccccc2)[nH]c2ccccc12. The summed E-state index contributed by atoms with van der Waals surface area (Å²) in [6.45, 7) is 4.13. The van der Waals surface area contributed by atoms with Crippen molar-refractivity contribution in [2.75, 3.05) is 6.61 Å². The van der Waals surface area contributed by atoms with E-state index < -0.39 is 0 Å². The van der Waals surface area contributed by atoms with E-state index >= 15 is 0 Å². The fourth-order valence-electron chi connectivity index (χ4n) is 2.81. The van der Waals surface area contributed by atoms with Gasteiger partial charge >= 0.3 is 5.97 Å². The fraction of sp³-hybridized carbons (Fsp3) is 0.150. The topological polar surface area (TPSA) is 42.1 Å². The Kier molecular flexibility index (Phi) is 4.29. The molecule has 0 saturated carbocycles. The third-order valence-electron chi connectivity index (χ3n) is 3.78. The van der Waals surface area contributed by atoms with Gasteiger partial charge in [-0.2, -0.15) is 0 Å². The average Bonchev–Trinajstić information content (AvgIpc) is 2.95. The highest BCUT2D eigenvalue weighted by Crippen LogP contribution is 2.35. The summed E-state index contributed by atoms with van der Waals surface area (Å²) in [4.78, 5) is 15.3. The predicted molar refractivity (Wildman–Crippen MR) is 94.0 cm³/mol. The first-order chi connectivity index (χ1) is 11.2. The van der Waals surface area contributed by atoms with E-state index in [1.807, 2.05) is 50.2 Å². The van der Waals surface area contributed by atoms with Crippen molar-refractivity contribution in [2.45, 2.75) is 13.8 Å². The van der Waals surface area contributed by atoms with Gasteiger partial charge < -0.3 is 9.72 Å². The number of carbonyl (C=O) groups is 1. The van der Waals surface area contributed by atoms with Gasteiger partial charge in [0.1, 0.15) is 0 Å². The summed E-state index contributed by atoms with van der Waals surface area (Å²) in [7, 11) is 0. The summed E-state index contributed by atoms with van der Waals surface area (Å²) in [6.07, 6.45) is 1.56. The molecule has 2 aromatic carbocycles. The van der Waals surface area contributed by atoms with Gasteiger partial charge in [-0.05, 0) is 31.1 Å². The van der Waals surface area contributed by atoms with Crippen LogP contribution in [0, 0.1) is 0 Å². The lowest BCUT2D eigenvalue weighted by atomic mass is 9.99. The zero-order valence-corrected chi connectivity index (χ0v) is 13.3. The number of fused-ring (bicyclic) bond motifs is 1. The van der Waals surface area contributed by atoms with Gasteiger partial charge in [-0.1, -0.05) is 48.5 Å². The van der Waals surface area contributed by atoms with Crippen LogP contribution in [0.25, 0.3) is 27.7 Å². The van der Waals surface area contributed by atoms with Crippen LogP contribution in [-0.4, -0.2) is 17.6 Å². The number of para-hydroxylation sites is 1. The van der Waals surface area contributed by atoms with E-state index in [1.165, 1.54) is 0 Å². The van der Waals surface area contributed by atoms with Gasteiger partial charge in [0.25, 0.3) is 0 Å². The molecule has 0 fully saturated rings. The number of rotatable bonds is 4. The summed E-state index contributed by atoms with van der Waals surface area (Å²) in [5.41, 5.74) is 5.10. The number of nitrogens with one attached hydrogen (secondary N) is 1. The predicted octanol–water partition coefficient (Wildman–Crippen LogP) is 4.80. The Balaban J connectivity index is 2.19. The van der Waals surface area contributed by atoms with Crippen LogP contribution >= 0.6 is 0 Å². The van der Waals surface area contributed by atoms with Crippen LogP contribution in [0.3, 0.4) is 0 Å². The van der Waals surface area contributed by atoms with Crippen molar-refractivity contribution >= 4 is 22.4 Å². The first kappa shape index (κ1) is 15.1. The minimum atomic E-state index is -0.311. The molecule has 3 heteroatoms. The standard InChI is InChI=1S/C20H19NO2/c1-3-23-18(22)13-14(2)19-16-11-7-8-12-17(16)21-20(19)15-9-5-4-6-10-15/h4-13,21H,3H2,1-2H3/b14-13+. The molecule has 0 bridgehead atoms. The van der Waals surface area contributed by atoms with Crippen LogP contribution in [0.4, 0.5) is 0 Å². The summed E-state index contributed by atoms with van der Waals surface area (Å²) >= 11 is 0. The number of carbonyl (C=O) groups excluding carboxylic acids is 1. The highest BCUT2D eigenvalue weighted by molar-refractivity contribution is 6.03. The van der Waals surface area contributed by atoms with E-state index in [1.54, 1.807) is 6.08 Å². The molecule has 1 aromatic heterocycles. The van der Waals surface area contributed by atoms with Crippen LogP contribution in [0.1, 0.15) is 19.4 Å². The summed E-state index contributed by atoms with van der Waals surface area (Å²) < 4.78 is 5.04. The molecule has 1 N–H and O–H groups in total. The maximum atomic E-state index is 11.8. The Bertz CT molecular complexity index is 860. The van der Waals surface area contributed by atoms with Gasteiger partial charge in [0.05, 0.1) is 12.3 Å². The second-order valence-corrected chi connectivity index (χ2v) is 5.37. The molecule has 0 radical (unpaired) electrons. The lowest BCUT2D eigenvalue weighted by molar-refractivity contribution is -0.137. The zero-order chi connectivity index (χ0) is 16.2. The summed E-state index contributed by atoms with van der Waals surface area (Å²) in [5, 5.41) is 1.10. The molecule has 116 valence electrons. The van der Waals surface area contributed by atoms with Crippen LogP contribution in [0.5, 0.6) is 0 Å². The Morgan fingerprint density at radius 2 is 1.78 bits per heavy atom. The molecule has 0 aliphatic carbocycles. The zero-order valence-electron chi connectivity index (χ0n) is 13.3. The number of aromatic amines is 1. The monoisotopic (exact) mass is 305 g/mol. The maximum Gasteiger partial charge on any atom is 0.331 e. The van der Waals surface area contributed by atoms with Crippen molar-refractivity contribution in [1.82, 2.24) is 4.98 Å². The highest BCUT2D eigenvalue weighted by atomic mass is 16.5. The summed E-state index contributed by atoms with van der Waals surface area (Å²) in [5.74, 6) is -0.311. The molecule has 0 saturated heterocycles. The number of esters is 1. The number of hydrogen-bond donors (Lipinski definition) is 1. The number of hydrogen-bond acceptors (Lipinski definition) is 2. The van der Waals surface area contributed by atoms with Gasteiger partial charge in [0.15, 0.2) is 0 Å². The van der Waals surface area contributed by atoms with Crippen molar-refractivity contribution in [3.05, 3.63) is 66.2 Å². The average molecular weight is 305 g/mol. The normalized spacial score (nSPS) is 11.7. The van der Waals surface area contributed by atoms with Gasteiger partial charge in [0.2, 0.25) is 0 Å². The van der Waals surface area contributed by atoms with Crippen molar-refractivity contribution < 1.29 is 9.53 Å². The fourth-order valence-corrected chi connectivity index (χ4v) is 2.81. The molecule has 0 unspecified atom stereocenters. The van der Waals surface area contributed by atoms with Gasteiger partial charge in [-0.15, -0.1) is 0 Å². The van der Waals surface area contributed by atoms with Crippen molar-refractivity contribution in [3.63, 3.8) is 0 Å². The molecule has 23 heavy (non-hydrogen) atoms. The van der Waals surface area contributed by atoms with E-state index in [9.17, 15) is 4.79 Å². The van der Waals surface area contributed by atoms with Crippen molar-refractivity contribution in [1.29, 1.82) is 0 Å². The third kappa shape index (κ3) is 3.04. The molecule has 0 spiro atoms. The Labute approximate surface area is 135 Å². The second-order valence-electron chi connectivity index (χ2n) is 5.37.